The lowest BCUT2D eigenvalue weighted by atomic mass is 10.2. The van der Waals surface area contributed by atoms with Gasteiger partial charge in [0.2, 0.25) is 0 Å². The fourth-order valence-corrected chi connectivity index (χ4v) is 2.27. The van der Waals surface area contributed by atoms with Crippen molar-refractivity contribution < 1.29 is 22.7 Å². The molecule has 0 saturated carbocycles. The predicted octanol–water partition coefficient (Wildman–Crippen LogP) is 4.48. The van der Waals surface area contributed by atoms with Crippen LogP contribution in [0, 0.1) is 0 Å². The van der Waals surface area contributed by atoms with Crippen LogP contribution in [-0.2, 0) is 13.2 Å². The highest BCUT2D eigenvalue weighted by atomic mass is 19.4. The number of nitrogens with one attached hydrogen (secondary N) is 1. The molecule has 0 fully saturated rings. The van der Waals surface area contributed by atoms with Gasteiger partial charge in [0.05, 0.1) is 5.56 Å². The smallest absolute Gasteiger partial charge is 0.435 e. The number of rotatable bonds is 4. The van der Waals surface area contributed by atoms with Gasteiger partial charge < -0.3 is 10.1 Å². The summed E-state index contributed by atoms with van der Waals surface area (Å²) in [4.78, 5) is 12.5. The number of benzene rings is 2. The molecule has 3 aromatic rings. The second-order valence-electron chi connectivity index (χ2n) is 5.40. The Morgan fingerprint density at radius 1 is 1.08 bits per heavy atom. The predicted molar refractivity (Wildman–Crippen MR) is 89.1 cm³/mol. The molecule has 1 amide bonds. The maximum Gasteiger partial charge on any atom is 0.435 e. The van der Waals surface area contributed by atoms with E-state index in [0.29, 0.717) is 5.75 Å². The molecule has 2 aromatic carbocycles. The van der Waals surface area contributed by atoms with Crippen LogP contribution in [0.3, 0.4) is 0 Å². The molecular weight excluding hydrogens is 347 g/mol. The minimum Gasteiger partial charge on any atom is -0.457 e. The number of para-hydroxylation sites is 2. The van der Waals surface area contributed by atoms with E-state index in [4.69, 9.17) is 4.74 Å². The number of ether oxygens (including phenoxy) is 1. The van der Waals surface area contributed by atoms with E-state index < -0.39 is 17.8 Å². The van der Waals surface area contributed by atoms with Crippen molar-refractivity contribution in [3.8, 4) is 11.5 Å². The highest BCUT2D eigenvalue weighted by molar-refractivity contribution is 6.05. The number of hydrogen-bond acceptors (Lipinski definition) is 3. The number of aromatic nitrogens is 2. The molecule has 1 heterocycles. The van der Waals surface area contributed by atoms with Crippen LogP contribution in [0.1, 0.15) is 16.1 Å². The molecule has 0 aliphatic heterocycles. The largest absolute Gasteiger partial charge is 0.457 e. The fourth-order valence-electron chi connectivity index (χ4n) is 2.27. The Morgan fingerprint density at radius 2 is 1.73 bits per heavy atom. The van der Waals surface area contributed by atoms with Gasteiger partial charge in [0, 0.05) is 13.1 Å². The van der Waals surface area contributed by atoms with E-state index >= 15 is 0 Å². The van der Waals surface area contributed by atoms with Gasteiger partial charge in [-0.2, -0.15) is 18.3 Å². The van der Waals surface area contributed by atoms with Crippen LogP contribution >= 0.6 is 0 Å². The number of halogens is 3. The first-order valence-corrected chi connectivity index (χ1v) is 7.59. The average molecular weight is 361 g/mol. The second-order valence-corrected chi connectivity index (χ2v) is 5.40. The zero-order chi connectivity index (χ0) is 18.7. The van der Waals surface area contributed by atoms with E-state index in [1.807, 2.05) is 6.07 Å². The SMILES string of the molecule is Cn1nc(C(F)(F)F)cc1NC(=O)c1ccccc1Oc1ccccc1. The lowest BCUT2D eigenvalue weighted by Gasteiger charge is -2.11. The molecule has 134 valence electrons. The van der Waals surface area contributed by atoms with Crippen molar-refractivity contribution in [3.63, 3.8) is 0 Å². The van der Waals surface area contributed by atoms with Crippen molar-refractivity contribution in [2.75, 3.05) is 5.32 Å². The number of nitrogens with zero attached hydrogens (tertiary/aromatic N) is 2. The molecule has 1 aromatic heterocycles. The maximum absolute atomic E-state index is 12.7. The van der Waals surface area contributed by atoms with Crippen LogP contribution in [0.2, 0.25) is 0 Å². The molecule has 0 bridgehead atoms. The number of alkyl halides is 3. The van der Waals surface area contributed by atoms with E-state index in [1.54, 1.807) is 42.5 Å². The van der Waals surface area contributed by atoms with Crippen molar-refractivity contribution in [2.45, 2.75) is 6.18 Å². The lowest BCUT2D eigenvalue weighted by molar-refractivity contribution is -0.141. The van der Waals surface area contributed by atoms with Crippen LogP contribution < -0.4 is 10.1 Å². The quantitative estimate of drug-likeness (QED) is 0.745. The third kappa shape index (κ3) is 3.85. The van der Waals surface area contributed by atoms with Gasteiger partial charge in [-0.1, -0.05) is 30.3 Å². The summed E-state index contributed by atoms with van der Waals surface area (Å²) in [6.07, 6.45) is -4.59. The summed E-state index contributed by atoms with van der Waals surface area (Å²) >= 11 is 0. The molecule has 0 saturated heterocycles. The van der Waals surface area contributed by atoms with Crippen molar-refractivity contribution in [2.24, 2.45) is 7.05 Å². The normalized spacial score (nSPS) is 11.2. The van der Waals surface area contributed by atoms with Gasteiger partial charge in [-0.15, -0.1) is 0 Å². The monoisotopic (exact) mass is 361 g/mol. The van der Waals surface area contributed by atoms with E-state index in [2.05, 4.69) is 10.4 Å². The Labute approximate surface area is 147 Å². The third-order valence-corrected chi connectivity index (χ3v) is 3.51. The topological polar surface area (TPSA) is 56.2 Å². The molecule has 0 spiro atoms. The van der Waals surface area contributed by atoms with Crippen molar-refractivity contribution in [1.29, 1.82) is 0 Å². The van der Waals surface area contributed by atoms with Gasteiger partial charge >= 0.3 is 6.18 Å². The third-order valence-electron chi connectivity index (χ3n) is 3.51. The number of amides is 1. The van der Waals surface area contributed by atoms with Gasteiger partial charge in [-0.05, 0) is 24.3 Å². The van der Waals surface area contributed by atoms with Crippen LogP contribution in [0.5, 0.6) is 11.5 Å². The number of carbonyl (C=O) groups excluding carboxylic acids is 1. The highest BCUT2D eigenvalue weighted by Crippen LogP contribution is 2.30. The molecule has 0 atom stereocenters. The zero-order valence-electron chi connectivity index (χ0n) is 13.6. The number of aryl methyl sites for hydroxylation is 1. The van der Waals surface area contributed by atoms with Crippen LogP contribution in [0.15, 0.2) is 60.7 Å². The van der Waals surface area contributed by atoms with E-state index in [1.165, 1.54) is 13.1 Å². The summed E-state index contributed by atoms with van der Waals surface area (Å²) in [5.74, 6) is 0.146. The molecule has 5 nitrogen and oxygen atoms in total. The standard InChI is InChI=1S/C18H14F3N3O2/c1-24-16(11-15(23-24)18(19,20)21)22-17(25)13-9-5-6-10-14(13)26-12-7-3-2-4-8-12/h2-11H,1H3,(H,22,25). The Hall–Kier alpha value is -3.29. The van der Waals surface area contributed by atoms with E-state index in [0.717, 1.165) is 10.7 Å². The van der Waals surface area contributed by atoms with Crippen molar-refractivity contribution in [3.05, 3.63) is 71.9 Å². The van der Waals surface area contributed by atoms with E-state index in [-0.39, 0.29) is 17.1 Å². The molecule has 3 rings (SSSR count). The summed E-state index contributed by atoms with van der Waals surface area (Å²) in [6, 6.07) is 16.1. The van der Waals surface area contributed by atoms with Gasteiger partial charge in [0.1, 0.15) is 17.3 Å². The van der Waals surface area contributed by atoms with Gasteiger partial charge in [-0.25, -0.2) is 0 Å². The zero-order valence-corrected chi connectivity index (χ0v) is 13.6. The summed E-state index contributed by atoms with van der Waals surface area (Å²) in [7, 11) is 1.32. The molecule has 0 unspecified atom stereocenters. The van der Waals surface area contributed by atoms with Gasteiger partial charge in [-0.3, -0.25) is 9.48 Å². The Balaban J connectivity index is 1.84. The lowest BCUT2D eigenvalue weighted by Crippen LogP contribution is -2.15. The Kier molecular flexibility index (Phi) is 4.66. The number of hydrogen-bond donors (Lipinski definition) is 1. The van der Waals surface area contributed by atoms with Gasteiger partial charge in [0.15, 0.2) is 5.69 Å². The number of carbonyl (C=O) groups is 1. The molecule has 1 N–H and O–H groups in total. The van der Waals surface area contributed by atoms with Crippen molar-refractivity contribution >= 4 is 11.7 Å². The molecule has 26 heavy (non-hydrogen) atoms. The molecular formula is C18H14F3N3O2. The highest BCUT2D eigenvalue weighted by Gasteiger charge is 2.34. The minimum absolute atomic E-state index is 0.0724. The number of anilines is 1. The average Bonchev–Trinajstić information content (AvgIpc) is 2.97. The summed E-state index contributed by atoms with van der Waals surface area (Å²) in [6.45, 7) is 0. The Morgan fingerprint density at radius 3 is 2.38 bits per heavy atom. The van der Waals surface area contributed by atoms with Gasteiger partial charge in [0.25, 0.3) is 5.91 Å². The Bertz CT molecular complexity index is 921. The molecule has 0 aliphatic rings. The second kappa shape index (κ2) is 6.91. The maximum atomic E-state index is 12.7. The fraction of sp³-hybridized carbons (Fsp3) is 0.111. The first-order valence-electron chi connectivity index (χ1n) is 7.59. The first-order chi connectivity index (χ1) is 12.3. The first kappa shape index (κ1) is 17.5. The van der Waals surface area contributed by atoms with E-state index in [9.17, 15) is 18.0 Å². The molecule has 0 radical (unpaired) electrons. The molecule has 8 heteroatoms. The summed E-state index contributed by atoms with van der Waals surface area (Å²) < 4.78 is 44.9. The van der Waals surface area contributed by atoms with Crippen LogP contribution in [-0.4, -0.2) is 15.7 Å². The molecule has 0 aliphatic carbocycles. The minimum atomic E-state index is -4.59. The summed E-state index contributed by atoms with van der Waals surface area (Å²) in [5.41, 5.74) is -0.893. The van der Waals surface area contributed by atoms with Crippen molar-refractivity contribution in [1.82, 2.24) is 9.78 Å². The van der Waals surface area contributed by atoms with Crippen LogP contribution in [0.4, 0.5) is 19.0 Å². The van der Waals surface area contributed by atoms with Crippen LogP contribution in [0.25, 0.3) is 0 Å². The summed E-state index contributed by atoms with van der Waals surface area (Å²) in [5, 5.41) is 5.79.